The Labute approximate surface area is 167 Å². The van der Waals surface area contributed by atoms with Gasteiger partial charge in [0.05, 0.1) is 12.7 Å². The van der Waals surface area contributed by atoms with Crippen LogP contribution in [-0.2, 0) is 14.3 Å². The van der Waals surface area contributed by atoms with Crippen molar-refractivity contribution in [3.8, 4) is 11.5 Å². The predicted molar refractivity (Wildman–Crippen MR) is 114 cm³/mol. The summed E-state index contributed by atoms with van der Waals surface area (Å²) in [6.45, 7) is 18.5. The molecule has 1 aliphatic heterocycles. The first-order chi connectivity index (χ1) is 12.5. The van der Waals surface area contributed by atoms with Gasteiger partial charge in [0.15, 0.2) is 0 Å². The fourth-order valence-electron chi connectivity index (χ4n) is 5.42. The van der Waals surface area contributed by atoms with Crippen molar-refractivity contribution in [1.29, 1.82) is 0 Å². The highest BCUT2D eigenvalue weighted by atomic mass is 28.3. The van der Waals surface area contributed by atoms with Gasteiger partial charge < -0.3 is 9.47 Å². The zero-order valence-electron chi connectivity index (χ0n) is 18.5. The van der Waals surface area contributed by atoms with Crippen LogP contribution >= 0.6 is 0 Å². The van der Waals surface area contributed by atoms with Gasteiger partial charge in [-0.25, -0.2) is 0 Å². The Morgan fingerprint density at radius 1 is 1.22 bits per heavy atom. The van der Waals surface area contributed by atoms with Gasteiger partial charge in [-0.1, -0.05) is 54.5 Å². The summed E-state index contributed by atoms with van der Waals surface area (Å²) in [7, 11) is -1.70. The minimum Gasteiger partial charge on any atom is -0.458 e. The van der Waals surface area contributed by atoms with Gasteiger partial charge in [0.1, 0.15) is 14.2 Å². The van der Waals surface area contributed by atoms with E-state index >= 15 is 0 Å². The molecule has 1 fully saturated rings. The summed E-state index contributed by atoms with van der Waals surface area (Å²) in [5, 5.41) is 0. The Hall–Kier alpha value is -1.05. The molecule has 2 aliphatic rings. The van der Waals surface area contributed by atoms with Crippen LogP contribution in [0.3, 0.4) is 0 Å². The van der Waals surface area contributed by atoms with E-state index in [1.165, 1.54) is 6.92 Å². The lowest BCUT2D eigenvalue weighted by molar-refractivity contribution is -0.145. The molecule has 3 nitrogen and oxygen atoms in total. The Bertz CT molecular complexity index is 603. The van der Waals surface area contributed by atoms with Gasteiger partial charge in [-0.05, 0) is 29.1 Å². The van der Waals surface area contributed by atoms with Crippen LogP contribution in [0.25, 0.3) is 0 Å². The number of hydrogen-bond donors (Lipinski definition) is 0. The first kappa shape index (κ1) is 22.2. The minimum atomic E-state index is -1.70. The number of carbonyl (C=O) groups is 1. The van der Waals surface area contributed by atoms with Gasteiger partial charge in [0.2, 0.25) is 0 Å². The van der Waals surface area contributed by atoms with Crippen molar-refractivity contribution in [3.63, 3.8) is 0 Å². The summed E-state index contributed by atoms with van der Waals surface area (Å²) >= 11 is 0. The highest BCUT2D eigenvalue weighted by Gasteiger charge is 2.48. The highest BCUT2D eigenvalue weighted by molar-refractivity contribution is 6.90. The molecule has 0 spiro atoms. The molecule has 1 aliphatic carbocycles. The second-order valence-electron chi connectivity index (χ2n) is 9.61. The SMILES string of the molecule is CC(=O)OC1C=C[C@@]2(C)CO[C@@H](CC#C[Si](C(C)C)(C(C)C)C(C)C)[C@@H]2C1. The van der Waals surface area contributed by atoms with E-state index in [1.54, 1.807) is 0 Å². The number of ether oxygens (including phenoxy) is 2. The third-order valence-electron chi connectivity index (χ3n) is 6.87. The van der Waals surface area contributed by atoms with Crippen molar-refractivity contribution in [2.24, 2.45) is 11.3 Å². The van der Waals surface area contributed by atoms with Crippen LogP contribution in [0.5, 0.6) is 0 Å². The Morgan fingerprint density at radius 2 is 1.81 bits per heavy atom. The molecule has 2 rings (SSSR count). The molecule has 0 bridgehead atoms. The van der Waals surface area contributed by atoms with Crippen LogP contribution in [0.1, 0.15) is 68.2 Å². The van der Waals surface area contributed by atoms with Crippen LogP contribution < -0.4 is 0 Å². The predicted octanol–water partition coefficient (Wildman–Crippen LogP) is 5.51. The smallest absolute Gasteiger partial charge is 0.303 e. The van der Waals surface area contributed by atoms with E-state index in [2.05, 4.69) is 66.0 Å². The lowest BCUT2D eigenvalue weighted by Gasteiger charge is -2.38. The van der Waals surface area contributed by atoms with Crippen molar-refractivity contribution >= 4 is 14.0 Å². The fourth-order valence-corrected chi connectivity index (χ4v) is 10.7. The maximum Gasteiger partial charge on any atom is 0.303 e. The molecule has 0 aromatic carbocycles. The van der Waals surface area contributed by atoms with Crippen LogP contribution in [0, 0.1) is 22.8 Å². The number of fused-ring (bicyclic) bond motifs is 1. The standard InChI is InChI=1S/C23H38O3Si/c1-16(2)27(17(3)4,18(5)6)13-9-10-22-21-14-20(26-19(7)24)11-12-23(21,8)15-25-22/h11-12,16-18,20-22H,10,14-15H2,1-8H3/t20?,21-,22-,23-/m0/s1. The monoisotopic (exact) mass is 390 g/mol. The average molecular weight is 391 g/mol. The van der Waals surface area contributed by atoms with Gasteiger partial charge in [0.25, 0.3) is 0 Å². The van der Waals surface area contributed by atoms with Crippen LogP contribution in [0.15, 0.2) is 12.2 Å². The van der Waals surface area contributed by atoms with Gasteiger partial charge in [-0.2, -0.15) is 0 Å². The van der Waals surface area contributed by atoms with Gasteiger partial charge in [-0.15, -0.1) is 11.5 Å². The Kier molecular flexibility index (Phi) is 7.03. The molecule has 1 saturated heterocycles. The lowest BCUT2D eigenvalue weighted by atomic mass is 9.70. The highest BCUT2D eigenvalue weighted by Crippen LogP contribution is 2.47. The zero-order valence-corrected chi connectivity index (χ0v) is 19.5. The number of rotatable bonds is 5. The second kappa shape index (κ2) is 8.53. The molecule has 1 unspecified atom stereocenters. The molecule has 1 heterocycles. The van der Waals surface area contributed by atoms with Crippen molar-refractivity contribution in [2.75, 3.05) is 6.61 Å². The largest absolute Gasteiger partial charge is 0.458 e. The molecule has 4 atom stereocenters. The molecule has 0 N–H and O–H groups in total. The summed E-state index contributed by atoms with van der Waals surface area (Å²) in [5.74, 6) is 3.71. The fraction of sp³-hybridized carbons (Fsp3) is 0.783. The molecule has 0 saturated carbocycles. The molecule has 27 heavy (non-hydrogen) atoms. The maximum atomic E-state index is 11.3. The summed E-state index contributed by atoms with van der Waals surface area (Å²) < 4.78 is 11.6. The van der Waals surface area contributed by atoms with E-state index in [1.807, 2.05) is 6.08 Å². The Balaban J connectivity index is 2.16. The van der Waals surface area contributed by atoms with E-state index in [4.69, 9.17) is 9.47 Å². The first-order valence-corrected chi connectivity index (χ1v) is 12.7. The normalized spacial score (nSPS) is 30.4. The number of carbonyl (C=O) groups excluding carboxylic acids is 1. The van der Waals surface area contributed by atoms with E-state index < -0.39 is 8.07 Å². The third kappa shape index (κ3) is 4.51. The van der Waals surface area contributed by atoms with Gasteiger partial charge in [-0.3, -0.25) is 4.79 Å². The van der Waals surface area contributed by atoms with E-state index in [9.17, 15) is 4.79 Å². The third-order valence-corrected chi connectivity index (χ3v) is 13.2. The van der Waals surface area contributed by atoms with Gasteiger partial charge in [0, 0.05) is 24.7 Å². The maximum absolute atomic E-state index is 11.3. The van der Waals surface area contributed by atoms with Crippen LogP contribution in [0.2, 0.25) is 16.6 Å². The van der Waals surface area contributed by atoms with Crippen molar-refractivity contribution in [1.82, 2.24) is 0 Å². The summed E-state index contributed by atoms with van der Waals surface area (Å²) in [6, 6.07) is 0. The van der Waals surface area contributed by atoms with Crippen molar-refractivity contribution < 1.29 is 14.3 Å². The van der Waals surface area contributed by atoms with Crippen molar-refractivity contribution in [3.05, 3.63) is 12.2 Å². The van der Waals surface area contributed by atoms with Crippen LogP contribution in [-0.4, -0.2) is 32.9 Å². The molecule has 4 heteroatoms. The molecule has 0 radical (unpaired) electrons. The topological polar surface area (TPSA) is 35.5 Å². The summed E-state index contributed by atoms with van der Waals surface area (Å²) in [4.78, 5) is 11.3. The molecular weight excluding hydrogens is 352 g/mol. The molecule has 0 amide bonds. The first-order valence-electron chi connectivity index (χ1n) is 10.5. The molecule has 0 aromatic rings. The van der Waals surface area contributed by atoms with E-state index in [-0.39, 0.29) is 23.6 Å². The summed E-state index contributed by atoms with van der Waals surface area (Å²) in [5.41, 5.74) is 5.78. The quantitative estimate of drug-likeness (QED) is 0.269. The number of esters is 1. The minimum absolute atomic E-state index is 0.0334. The van der Waals surface area contributed by atoms with Crippen molar-refractivity contribution in [2.45, 2.75) is 97.1 Å². The Morgan fingerprint density at radius 3 is 2.33 bits per heavy atom. The van der Waals surface area contributed by atoms with E-state index in [0.29, 0.717) is 22.5 Å². The molecular formula is C23H38O3Si. The zero-order chi connectivity index (χ0) is 20.4. The molecule has 152 valence electrons. The van der Waals surface area contributed by atoms with E-state index in [0.717, 1.165) is 19.4 Å². The lowest BCUT2D eigenvalue weighted by Crippen LogP contribution is -2.43. The van der Waals surface area contributed by atoms with Gasteiger partial charge >= 0.3 is 5.97 Å². The van der Waals surface area contributed by atoms with Crippen LogP contribution in [0.4, 0.5) is 0 Å². The summed E-state index contributed by atoms with van der Waals surface area (Å²) in [6.07, 6.45) is 5.83. The number of hydrogen-bond acceptors (Lipinski definition) is 3. The molecule has 0 aromatic heterocycles. The second-order valence-corrected chi connectivity index (χ2v) is 15.2. The average Bonchev–Trinajstić information content (AvgIpc) is 2.86.